The van der Waals surface area contributed by atoms with Gasteiger partial charge in [0.05, 0.1) is 22.1 Å². The molecule has 1 aliphatic rings. The molecule has 0 bridgehead atoms. The first kappa shape index (κ1) is 15.9. The summed E-state index contributed by atoms with van der Waals surface area (Å²) >= 11 is 0. The lowest BCUT2D eigenvalue weighted by Gasteiger charge is -2.27. The molecule has 3 rings (SSSR count). The number of ether oxygens (including phenoxy) is 1. The Morgan fingerprint density at radius 3 is 2.61 bits per heavy atom. The van der Waals surface area contributed by atoms with Crippen LogP contribution in [0.3, 0.4) is 0 Å². The van der Waals surface area contributed by atoms with Gasteiger partial charge in [0.15, 0.2) is 0 Å². The lowest BCUT2D eigenvalue weighted by atomic mass is 9.87. The summed E-state index contributed by atoms with van der Waals surface area (Å²) in [4.78, 5) is 27.5. The topological polar surface area (TPSA) is 64.1 Å². The molecule has 0 saturated carbocycles. The van der Waals surface area contributed by atoms with Crippen LogP contribution in [-0.4, -0.2) is 20.8 Å². The summed E-state index contributed by atoms with van der Waals surface area (Å²) < 4.78 is 20.6. The maximum Gasteiger partial charge on any atom is 0.328 e. The first-order valence-electron chi connectivity index (χ1n) is 7.72. The van der Waals surface area contributed by atoms with Gasteiger partial charge in [0.25, 0.3) is 5.56 Å². The smallest absolute Gasteiger partial charge is 0.328 e. The molecule has 5 nitrogen and oxygen atoms in total. The van der Waals surface area contributed by atoms with Crippen LogP contribution in [0.5, 0.6) is 0 Å². The molecule has 1 aromatic carbocycles. The third kappa shape index (κ3) is 2.83. The van der Waals surface area contributed by atoms with E-state index in [4.69, 9.17) is 4.74 Å². The van der Waals surface area contributed by atoms with Gasteiger partial charge in [-0.25, -0.2) is 9.18 Å². The Morgan fingerprint density at radius 2 is 2.00 bits per heavy atom. The van der Waals surface area contributed by atoms with Crippen molar-refractivity contribution < 1.29 is 9.13 Å². The number of fused-ring (bicyclic) bond motifs is 1. The van der Waals surface area contributed by atoms with Crippen LogP contribution in [0.4, 0.5) is 4.39 Å². The summed E-state index contributed by atoms with van der Waals surface area (Å²) in [6, 6.07) is 3.78. The second-order valence-corrected chi connectivity index (χ2v) is 7.40. The van der Waals surface area contributed by atoms with E-state index < -0.39 is 22.7 Å². The number of halogens is 1. The minimum Gasteiger partial charge on any atom is -0.369 e. The molecule has 1 saturated heterocycles. The van der Waals surface area contributed by atoms with E-state index in [0.29, 0.717) is 5.52 Å². The third-order valence-electron chi connectivity index (χ3n) is 4.61. The largest absolute Gasteiger partial charge is 0.369 e. The van der Waals surface area contributed by atoms with Crippen molar-refractivity contribution in [3.8, 4) is 0 Å². The van der Waals surface area contributed by atoms with E-state index >= 15 is 0 Å². The monoisotopic (exact) mass is 320 g/mol. The fourth-order valence-corrected chi connectivity index (χ4v) is 3.57. The highest BCUT2D eigenvalue weighted by Crippen LogP contribution is 2.42. The molecule has 0 aliphatic carbocycles. The van der Waals surface area contributed by atoms with Crippen molar-refractivity contribution in [3.63, 3.8) is 0 Å². The minimum absolute atomic E-state index is 0.0160. The SMILES string of the molecule is CC1(C)CC(Cn2c(=O)[nH]c3ccc(F)cc3c2=O)C(C)(C)O1. The summed E-state index contributed by atoms with van der Waals surface area (Å²) in [5.41, 5.74) is -1.34. The molecule has 0 amide bonds. The van der Waals surface area contributed by atoms with Gasteiger partial charge in [-0.3, -0.25) is 9.36 Å². The zero-order chi connectivity index (χ0) is 17.0. The van der Waals surface area contributed by atoms with Crippen molar-refractivity contribution in [2.24, 2.45) is 5.92 Å². The van der Waals surface area contributed by atoms with E-state index in [0.717, 1.165) is 17.1 Å². The van der Waals surface area contributed by atoms with Gasteiger partial charge in [0, 0.05) is 12.5 Å². The third-order valence-corrected chi connectivity index (χ3v) is 4.61. The van der Waals surface area contributed by atoms with Crippen molar-refractivity contribution in [2.45, 2.75) is 51.9 Å². The van der Waals surface area contributed by atoms with Gasteiger partial charge in [0.2, 0.25) is 0 Å². The number of nitrogens with zero attached hydrogens (tertiary/aromatic N) is 1. The predicted molar refractivity (Wildman–Crippen MR) is 86.1 cm³/mol. The quantitative estimate of drug-likeness (QED) is 0.924. The number of aromatic amines is 1. The van der Waals surface area contributed by atoms with Crippen molar-refractivity contribution in [3.05, 3.63) is 44.9 Å². The maximum absolute atomic E-state index is 13.4. The van der Waals surface area contributed by atoms with Crippen molar-refractivity contribution in [1.82, 2.24) is 9.55 Å². The minimum atomic E-state index is -0.501. The Kier molecular flexibility index (Phi) is 3.48. The molecular formula is C17H21FN2O3. The van der Waals surface area contributed by atoms with E-state index in [1.807, 2.05) is 27.7 Å². The van der Waals surface area contributed by atoms with E-state index in [2.05, 4.69) is 4.98 Å². The van der Waals surface area contributed by atoms with Gasteiger partial charge < -0.3 is 9.72 Å². The molecule has 23 heavy (non-hydrogen) atoms. The van der Waals surface area contributed by atoms with Crippen LogP contribution in [-0.2, 0) is 11.3 Å². The van der Waals surface area contributed by atoms with Crippen LogP contribution in [0, 0.1) is 11.7 Å². The molecule has 2 aromatic rings. The predicted octanol–water partition coefficient (Wildman–Crippen LogP) is 2.42. The second-order valence-electron chi connectivity index (χ2n) is 7.40. The van der Waals surface area contributed by atoms with Crippen molar-refractivity contribution in [1.29, 1.82) is 0 Å². The first-order valence-corrected chi connectivity index (χ1v) is 7.72. The average Bonchev–Trinajstić information content (AvgIpc) is 2.63. The van der Waals surface area contributed by atoms with Gasteiger partial charge in [-0.15, -0.1) is 0 Å². The highest BCUT2D eigenvalue weighted by molar-refractivity contribution is 5.77. The van der Waals surface area contributed by atoms with Gasteiger partial charge in [0.1, 0.15) is 5.82 Å². The number of nitrogens with one attached hydrogen (secondary N) is 1. The Labute approximate surface area is 133 Å². The molecular weight excluding hydrogens is 299 g/mol. The van der Waals surface area contributed by atoms with Gasteiger partial charge in [-0.2, -0.15) is 0 Å². The number of hydrogen-bond donors (Lipinski definition) is 1. The molecule has 1 N–H and O–H groups in total. The Balaban J connectivity index is 2.07. The Morgan fingerprint density at radius 1 is 1.30 bits per heavy atom. The van der Waals surface area contributed by atoms with Gasteiger partial charge in [-0.05, 0) is 52.3 Å². The van der Waals surface area contributed by atoms with Gasteiger partial charge >= 0.3 is 5.69 Å². The summed E-state index contributed by atoms with van der Waals surface area (Å²) in [6.07, 6.45) is 0.743. The van der Waals surface area contributed by atoms with Gasteiger partial charge in [-0.1, -0.05) is 0 Å². The lowest BCUT2D eigenvalue weighted by Crippen LogP contribution is -2.40. The Hall–Kier alpha value is -1.95. The molecule has 1 unspecified atom stereocenters. The number of benzene rings is 1. The number of hydrogen-bond acceptors (Lipinski definition) is 3. The number of aromatic nitrogens is 2. The standard InChI is InChI=1S/C17H21FN2O3/c1-16(2)8-10(17(3,4)23-16)9-20-14(21)12-7-11(18)5-6-13(12)19-15(20)22/h5-7,10H,8-9H2,1-4H3,(H,19,22). The average molecular weight is 320 g/mol. The fourth-order valence-electron chi connectivity index (χ4n) is 3.57. The molecule has 6 heteroatoms. The Bertz CT molecular complexity index is 880. The van der Waals surface area contributed by atoms with Crippen LogP contribution in [0.25, 0.3) is 10.9 Å². The zero-order valence-corrected chi connectivity index (χ0v) is 13.8. The van der Waals surface area contributed by atoms with E-state index in [-0.39, 0.29) is 23.4 Å². The van der Waals surface area contributed by atoms with E-state index in [9.17, 15) is 14.0 Å². The van der Waals surface area contributed by atoms with Crippen molar-refractivity contribution in [2.75, 3.05) is 0 Å². The molecule has 1 aliphatic heterocycles. The summed E-state index contributed by atoms with van der Waals surface area (Å²) in [6.45, 7) is 8.17. The zero-order valence-electron chi connectivity index (χ0n) is 13.8. The van der Waals surface area contributed by atoms with Crippen LogP contribution < -0.4 is 11.2 Å². The summed E-state index contributed by atoms with van der Waals surface area (Å²) in [5, 5.41) is 0.181. The van der Waals surface area contributed by atoms with Crippen LogP contribution in [0.1, 0.15) is 34.1 Å². The molecule has 2 heterocycles. The van der Waals surface area contributed by atoms with E-state index in [1.54, 1.807) is 0 Å². The fraction of sp³-hybridized carbons (Fsp3) is 0.529. The van der Waals surface area contributed by atoms with E-state index in [1.165, 1.54) is 12.1 Å². The van der Waals surface area contributed by atoms with Crippen LogP contribution >= 0.6 is 0 Å². The highest BCUT2D eigenvalue weighted by atomic mass is 19.1. The van der Waals surface area contributed by atoms with Crippen LogP contribution in [0.15, 0.2) is 27.8 Å². The normalized spacial score (nSPS) is 22.6. The second kappa shape index (κ2) is 5.03. The number of rotatable bonds is 2. The molecule has 124 valence electrons. The highest BCUT2D eigenvalue weighted by Gasteiger charge is 2.46. The summed E-state index contributed by atoms with van der Waals surface area (Å²) in [5.74, 6) is -0.485. The lowest BCUT2D eigenvalue weighted by molar-refractivity contribution is -0.0760. The molecule has 1 fully saturated rings. The van der Waals surface area contributed by atoms with Crippen LogP contribution in [0.2, 0.25) is 0 Å². The molecule has 0 radical (unpaired) electrons. The molecule has 1 atom stereocenters. The molecule has 0 spiro atoms. The first-order chi connectivity index (χ1) is 10.6. The van der Waals surface area contributed by atoms with Crippen molar-refractivity contribution >= 4 is 10.9 Å². The maximum atomic E-state index is 13.4. The number of H-pyrrole nitrogens is 1. The molecule has 1 aromatic heterocycles. The summed E-state index contributed by atoms with van der Waals surface area (Å²) in [7, 11) is 0.